The summed E-state index contributed by atoms with van der Waals surface area (Å²) < 4.78 is 5.77. The smallest absolute Gasteiger partial charge is 0.125 e. The van der Waals surface area contributed by atoms with Crippen molar-refractivity contribution in [2.24, 2.45) is 0 Å². The van der Waals surface area contributed by atoms with Gasteiger partial charge in [-0.2, -0.15) is 0 Å². The number of nitrogens with one attached hydrogen (secondary N) is 1. The summed E-state index contributed by atoms with van der Waals surface area (Å²) in [6.07, 6.45) is 2.87. The van der Waals surface area contributed by atoms with E-state index < -0.39 is 0 Å². The van der Waals surface area contributed by atoms with Gasteiger partial charge in [-0.15, -0.1) is 0 Å². The van der Waals surface area contributed by atoms with Gasteiger partial charge in [-0.25, -0.2) is 9.97 Å². The fourth-order valence-corrected chi connectivity index (χ4v) is 2.30. The summed E-state index contributed by atoms with van der Waals surface area (Å²) in [6.45, 7) is 7.65. The number of nitrogens with zero attached hydrogens (tertiary/aromatic N) is 2. The highest BCUT2D eigenvalue weighted by Crippen LogP contribution is 2.29. The zero-order chi connectivity index (χ0) is 15.1. The van der Waals surface area contributed by atoms with Gasteiger partial charge in [0.2, 0.25) is 0 Å². The lowest BCUT2D eigenvalue weighted by molar-refractivity contribution is 0.333. The molecule has 4 heteroatoms. The van der Waals surface area contributed by atoms with Crippen molar-refractivity contribution in [3.05, 3.63) is 53.6 Å². The predicted molar refractivity (Wildman–Crippen MR) is 84.5 cm³/mol. The summed E-state index contributed by atoms with van der Waals surface area (Å²) in [5, 5.41) is 3.56. The minimum atomic E-state index is 0.0226. The summed E-state index contributed by atoms with van der Waals surface area (Å²) in [7, 11) is 0. The minimum absolute atomic E-state index is 0.0226. The Kier molecular flexibility index (Phi) is 5.69. The molecule has 1 aromatic heterocycles. The van der Waals surface area contributed by atoms with Crippen LogP contribution >= 0.6 is 0 Å². The molecule has 1 N–H and O–H groups in total. The number of ether oxygens (including phenoxy) is 1. The molecule has 21 heavy (non-hydrogen) atoms. The fourth-order valence-electron chi connectivity index (χ4n) is 2.30. The zero-order valence-corrected chi connectivity index (χ0v) is 13.0. The van der Waals surface area contributed by atoms with E-state index in [1.807, 2.05) is 44.3 Å². The Morgan fingerprint density at radius 2 is 2.00 bits per heavy atom. The van der Waals surface area contributed by atoms with Gasteiger partial charge in [0.1, 0.15) is 11.6 Å². The highest BCUT2D eigenvalue weighted by atomic mass is 16.5. The van der Waals surface area contributed by atoms with Crippen LogP contribution in [0.2, 0.25) is 0 Å². The number of hydrogen-bond acceptors (Lipinski definition) is 4. The van der Waals surface area contributed by atoms with Crippen molar-refractivity contribution in [2.75, 3.05) is 13.2 Å². The summed E-state index contributed by atoms with van der Waals surface area (Å²) in [5.41, 5.74) is 2.09. The molecule has 0 amide bonds. The van der Waals surface area contributed by atoms with Crippen LogP contribution in [0.15, 0.2) is 36.5 Å². The van der Waals surface area contributed by atoms with Gasteiger partial charge in [0.25, 0.3) is 0 Å². The molecule has 4 nitrogen and oxygen atoms in total. The molecule has 0 aliphatic rings. The third-order valence-electron chi connectivity index (χ3n) is 3.22. The highest BCUT2D eigenvalue weighted by molar-refractivity contribution is 5.39. The second-order valence-corrected chi connectivity index (χ2v) is 4.89. The Bertz CT molecular complexity index is 571. The second-order valence-electron chi connectivity index (χ2n) is 4.89. The van der Waals surface area contributed by atoms with Crippen LogP contribution in [0.25, 0.3) is 0 Å². The maximum absolute atomic E-state index is 5.77. The van der Waals surface area contributed by atoms with Crippen LogP contribution in [0.3, 0.4) is 0 Å². The average molecular weight is 285 g/mol. The van der Waals surface area contributed by atoms with Gasteiger partial charge in [-0.05, 0) is 38.9 Å². The third-order valence-corrected chi connectivity index (χ3v) is 3.22. The maximum atomic E-state index is 5.77. The number of aromatic nitrogens is 2. The predicted octanol–water partition coefficient (Wildman–Crippen LogP) is 3.27. The summed E-state index contributed by atoms with van der Waals surface area (Å²) in [5.74, 6) is 1.69. The van der Waals surface area contributed by atoms with Crippen LogP contribution < -0.4 is 10.1 Å². The topological polar surface area (TPSA) is 47.0 Å². The van der Waals surface area contributed by atoms with E-state index in [4.69, 9.17) is 4.74 Å². The summed E-state index contributed by atoms with van der Waals surface area (Å²) in [6, 6.07) is 10.1. The molecule has 0 aliphatic heterocycles. The number of hydrogen-bond donors (Lipinski definition) is 1. The van der Waals surface area contributed by atoms with E-state index >= 15 is 0 Å². The Morgan fingerprint density at radius 1 is 1.19 bits per heavy atom. The quantitative estimate of drug-likeness (QED) is 0.848. The molecule has 1 aromatic carbocycles. The average Bonchev–Trinajstić information content (AvgIpc) is 2.49. The van der Waals surface area contributed by atoms with Crippen LogP contribution in [-0.2, 0) is 0 Å². The lowest BCUT2D eigenvalue weighted by Gasteiger charge is -2.21. The number of aryl methyl sites for hydroxylation is 1. The molecule has 0 bridgehead atoms. The minimum Gasteiger partial charge on any atom is -0.494 e. The van der Waals surface area contributed by atoms with Crippen LogP contribution in [0, 0.1) is 6.92 Å². The molecule has 1 atom stereocenters. The molecule has 1 heterocycles. The standard InChI is InChI=1S/C17H23N3O/c1-4-11-19-17(15-10-12-18-13(3)20-15)14-8-6-7-9-16(14)21-5-2/h6-10,12,17,19H,4-5,11H2,1-3H3. The Balaban J connectivity index is 2.40. The van der Waals surface area contributed by atoms with E-state index in [-0.39, 0.29) is 6.04 Å². The van der Waals surface area contributed by atoms with E-state index in [1.54, 1.807) is 0 Å². The second kappa shape index (κ2) is 7.74. The fraction of sp³-hybridized carbons (Fsp3) is 0.412. The molecule has 1 unspecified atom stereocenters. The van der Waals surface area contributed by atoms with Crippen LogP contribution in [0.4, 0.5) is 0 Å². The van der Waals surface area contributed by atoms with Gasteiger partial charge < -0.3 is 10.1 Å². The lowest BCUT2D eigenvalue weighted by atomic mass is 10.0. The van der Waals surface area contributed by atoms with E-state index in [1.165, 1.54) is 0 Å². The first-order chi connectivity index (χ1) is 10.3. The van der Waals surface area contributed by atoms with Gasteiger partial charge in [0.05, 0.1) is 18.3 Å². The molecular weight excluding hydrogens is 262 g/mol. The van der Waals surface area contributed by atoms with Crippen molar-refractivity contribution in [3.63, 3.8) is 0 Å². The van der Waals surface area contributed by atoms with Crippen molar-refractivity contribution in [1.82, 2.24) is 15.3 Å². The molecule has 112 valence electrons. The van der Waals surface area contributed by atoms with Crippen LogP contribution in [0.1, 0.15) is 43.4 Å². The normalized spacial score (nSPS) is 12.1. The van der Waals surface area contributed by atoms with E-state index in [9.17, 15) is 0 Å². The highest BCUT2D eigenvalue weighted by Gasteiger charge is 2.19. The third kappa shape index (κ3) is 4.02. The van der Waals surface area contributed by atoms with E-state index in [2.05, 4.69) is 28.3 Å². The SMILES string of the molecule is CCCNC(c1ccnc(C)n1)c1ccccc1OCC. The van der Waals surface area contributed by atoms with Gasteiger partial charge in [-0.3, -0.25) is 0 Å². The molecule has 0 fully saturated rings. The van der Waals surface area contributed by atoms with Crippen molar-refractivity contribution in [1.29, 1.82) is 0 Å². The van der Waals surface area contributed by atoms with Crippen LogP contribution in [0.5, 0.6) is 5.75 Å². The Morgan fingerprint density at radius 3 is 2.71 bits per heavy atom. The van der Waals surface area contributed by atoms with Gasteiger partial charge in [0, 0.05) is 11.8 Å². The monoisotopic (exact) mass is 285 g/mol. The first kappa shape index (κ1) is 15.4. The molecule has 0 saturated carbocycles. The molecule has 0 saturated heterocycles. The lowest BCUT2D eigenvalue weighted by Crippen LogP contribution is -2.25. The molecular formula is C17H23N3O. The molecule has 0 aliphatic carbocycles. The van der Waals surface area contributed by atoms with Crippen molar-refractivity contribution in [3.8, 4) is 5.75 Å². The van der Waals surface area contributed by atoms with Crippen molar-refractivity contribution >= 4 is 0 Å². The molecule has 0 radical (unpaired) electrons. The zero-order valence-electron chi connectivity index (χ0n) is 13.0. The van der Waals surface area contributed by atoms with Gasteiger partial charge in [0.15, 0.2) is 0 Å². The summed E-state index contributed by atoms with van der Waals surface area (Å²) in [4.78, 5) is 8.76. The number of benzene rings is 1. The Labute approximate surface area is 126 Å². The largest absolute Gasteiger partial charge is 0.494 e. The summed E-state index contributed by atoms with van der Waals surface area (Å²) >= 11 is 0. The number of rotatable bonds is 7. The van der Waals surface area contributed by atoms with E-state index in [0.29, 0.717) is 6.61 Å². The molecule has 2 rings (SSSR count). The Hall–Kier alpha value is -1.94. The van der Waals surface area contributed by atoms with Gasteiger partial charge >= 0.3 is 0 Å². The number of para-hydroxylation sites is 1. The molecule has 2 aromatic rings. The van der Waals surface area contributed by atoms with E-state index in [0.717, 1.165) is 35.8 Å². The van der Waals surface area contributed by atoms with Gasteiger partial charge in [-0.1, -0.05) is 25.1 Å². The van der Waals surface area contributed by atoms with Crippen LogP contribution in [-0.4, -0.2) is 23.1 Å². The first-order valence-electron chi connectivity index (χ1n) is 7.50. The van der Waals surface area contributed by atoms with Crippen molar-refractivity contribution in [2.45, 2.75) is 33.2 Å². The molecule has 0 spiro atoms. The maximum Gasteiger partial charge on any atom is 0.125 e. The first-order valence-corrected chi connectivity index (χ1v) is 7.50. The van der Waals surface area contributed by atoms with Crippen molar-refractivity contribution < 1.29 is 4.74 Å².